The molecule has 0 aromatic heterocycles. The predicted molar refractivity (Wildman–Crippen MR) is 43.3 cm³/mol. The van der Waals surface area contributed by atoms with E-state index in [0.29, 0.717) is 12.0 Å². The van der Waals surface area contributed by atoms with Crippen LogP contribution in [0.4, 0.5) is 0 Å². The molecule has 0 amide bonds. The molecule has 1 nitrogen and oxygen atoms in total. The first-order valence-electron chi connectivity index (χ1n) is 3.89. The highest BCUT2D eigenvalue weighted by atomic mass is 15.2. The lowest BCUT2D eigenvalue weighted by Crippen LogP contribution is -2.54. The summed E-state index contributed by atoms with van der Waals surface area (Å²) in [5.74, 6) is 1.48. The lowest BCUT2D eigenvalue weighted by Gasteiger charge is -2.46. The molecule has 0 aromatic rings. The number of rotatable bonds is 1. The molecule has 1 fully saturated rings. The van der Waals surface area contributed by atoms with E-state index in [1.54, 1.807) is 0 Å². The molecule has 1 rings (SSSR count). The minimum Gasteiger partial charge on any atom is -0.329 e. The second-order valence-electron chi connectivity index (χ2n) is 3.49. The van der Waals surface area contributed by atoms with E-state index in [1.807, 2.05) is 0 Å². The standard InChI is InChI=1S/C9H15N/c1-5-10-6-8(4)9(10)7(2)3/h1,7-9H,6H2,2-4H3. The average Bonchev–Trinajstić information content (AvgIpc) is 1.80. The molecule has 1 saturated heterocycles. The van der Waals surface area contributed by atoms with E-state index in [1.165, 1.54) is 0 Å². The van der Waals surface area contributed by atoms with Crippen molar-refractivity contribution in [1.29, 1.82) is 0 Å². The Morgan fingerprint density at radius 1 is 1.60 bits per heavy atom. The first kappa shape index (κ1) is 7.47. The van der Waals surface area contributed by atoms with Crippen molar-refractivity contribution < 1.29 is 0 Å². The molecule has 2 atom stereocenters. The first-order chi connectivity index (χ1) is 4.66. The molecule has 0 radical (unpaired) electrons. The van der Waals surface area contributed by atoms with Crippen LogP contribution in [0.3, 0.4) is 0 Å². The largest absolute Gasteiger partial charge is 0.329 e. The Kier molecular flexibility index (Phi) is 1.89. The fourth-order valence-corrected chi connectivity index (χ4v) is 1.86. The molecule has 1 heterocycles. The zero-order valence-corrected chi connectivity index (χ0v) is 6.96. The number of terminal acetylenes is 1. The minimum absolute atomic E-state index is 0.630. The molecule has 1 aliphatic rings. The Hall–Kier alpha value is -0.640. The van der Waals surface area contributed by atoms with Gasteiger partial charge in [-0.3, -0.25) is 0 Å². The maximum atomic E-state index is 5.30. The number of nitrogens with zero attached hydrogens (tertiary/aromatic N) is 1. The number of hydrogen-bond donors (Lipinski definition) is 0. The second-order valence-corrected chi connectivity index (χ2v) is 3.49. The SMILES string of the molecule is C#CN1CC(C)C1C(C)C. The fraction of sp³-hybridized carbons (Fsp3) is 0.778. The van der Waals surface area contributed by atoms with Gasteiger partial charge >= 0.3 is 0 Å². The smallest absolute Gasteiger partial charge is 0.0437 e. The van der Waals surface area contributed by atoms with Crippen molar-refractivity contribution in [2.75, 3.05) is 6.54 Å². The second kappa shape index (κ2) is 2.54. The fourth-order valence-electron chi connectivity index (χ4n) is 1.86. The van der Waals surface area contributed by atoms with Crippen molar-refractivity contribution in [2.24, 2.45) is 11.8 Å². The zero-order valence-electron chi connectivity index (χ0n) is 6.96. The van der Waals surface area contributed by atoms with E-state index in [0.717, 1.165) is 12.5 Å². The van der Waals surface area contributed by atoms with Crippen molar-refractivity contribution in [2.45, 2.75) is 26.8 Å². The summed E-state index contributed by atoms with van der Waals surface area (Å²) in [6.45, 7) is 7.80. The number of likely N-dealkylation sites (tertiary alicyclic amines) is 1. The molecule has 0 aliphatic carbocycles. The van der Waals surface area contributed by atoms with Crippen molar-refractivity contribution >= 4 is 0 Å². The average molecular weight is 137 g/mol. The van der Waals surface area contributed by atoms with E-state index in [4.69, 9.17) is 6.42 Å². The molecule has 0 spiro atoms. The van der Waals surface area contributed by atoms with Crippen LogP contribution in [0.5, 0.6) is 0 Å². The van der Waals surface area contributed by atoms with Crippen LogP contribution >= 0.6 is 0 Å². The zero-order chi connectivity index (χ0) is 7.72. The Labute approximate surface area is 63.4 Å². The van der Waals surface area contributed by atoms with Crippen LogP contribution in [0.15, 0.2) is 0 Å². The first-order valence-corrected chi connectivity index (χ1v) is 3.89. The summed E-state index contributed by atoms with van der Waals surface area (Å²) in [6, 6.07) is 3.33. The summed E-state index contributed by atoms with van der Waals surface area (Å²) >= 11 is 0. The van der Waals surface area contributed by atoms with Gasteiger partial charge in [-0.25, -0.2) is 0 Å². The van der Waals surface area contributed by atoms with Gasteiger partial charge < -0.3 is 4.90 Å². The van der Waals surface area contributed by atoms with Gasteiger partial charge in [-0.2, -0.15) is 0 Å². The highest BCUT2D eigenvalue weighted by Crippen LogP contribution is 2.28. The maximum Gasteiger partial charge on any atom is 0.0437 e. The van der Waals surface area contributed by atoms with Crippen LogP contribution in [0.2, 0.25) is 0 Å². The van der Waals surface area contributed by atoms with Gasteiger partial charge in [-0.15, -0.1) is 0 Å². The maximum absolute atomic E-state index is 5.30. The van der Waals surface area contributed by atoms with Gasteiger partial charge in [0.05, 0.1) is 0 Å². The Morgan fingerprint density at radius 3 is 2.40 bits per heavy atom. The van der Waals surface area contributed by atoms with Gasteiger partial charge in [0.25, 0.3) is 0 Å². The molecular weight excluding hydrogens is 122 g/mol. The highest BCUT2D eigenvalue weighted by Gasteiger charge is 2.35. The van der Waals surface area contributed by atoms with Crippen molar-refractivity contribution in [1.82, 2.24) is 4.90 Å². The predicted octanol–water partition coefficient (Wildman–Crippen LogP) is 1.55. The van der Waals surface area contributed by atoms with Gasteiger partial charge in [0.1, 0.15) is 0 Å². The molecule has 56 valence electrons. The lowest BCUT2D eigenvalue weighted by molar-refractivity contribution is 0.0517. The van der Waals surface area contributed by atoms with Gasteiger partial charge in [0, 0.05) is 18.6 Å². The highest BCUT2D eigenvalue weighted by molar-refractivity contribution is 5.01. The number of hydrogen-bond acceptors (Lipinski definition) is 1. The molecular formula is C9H15N. The lowest BCUT2D eigenvalue weighted by atomic mass is 9.83. The minimum atomic E-state index is 0.630. The topological polar surface area (TPSA) is 3.24 Å². The van der Waals surface area contributed by atoms with Gasteiger partial charge in [0.15, 0.2) is 0 Å². The van der Waals surface area contributed by atoms with Crippen LogP contribution in [0.25, 0.3) is 0 Å². The van der Waals surface area contributed by atoms with Crippen LogP contribution in [0, 0.1) is 24.3 Å². The van der Waals surface area contributed by atoms with Gasteiger partial charge in [-0.05, 0) is 11.8 Å². The van der Waals surface area contributed by atoms with Gasteiger partial charge in [-0.1, -0.05) is 27.2 Å². The Bertz CT molecular complexity index is 150. The molecule has 0 bridgehead atoms. The summed E-state index contributed by atoms with van der Waals surface area (Å²) in [5, 5.41) is 0. The Balaban J connectivity index is 2.50. The third-order valence-corrected chi connectivity index (χ3v) is 2.28. The van der Waals surface area contributed by atoms with E-state index in [-0.39, 0.29) is 0 Å². The van der Waals surface area contributed by atoms with Crippen LogP contribution < -0.4 is 0 Å². The van der Waals surface area contributed by atoms with Crippen molar-refractivity contribution in [3.63, 3.8) is 0 Å². The summed E-state index contributed by atoms with van der Waals surface area (Å²) in [5.41, 5.74) is 0. The van der Waals surface area contributed by atoms with Crippen LogP contribution in [-0.4, -0.2) is 17.5 Å². The normalized spacial score (nSPS) is 31.7. The monoisotopic (exact) mass is 137 g/mol. The molecule has 1 aliphatic heterocycles. The molecule has 2 unspecified atom stereocenters. The van der Waals surface area contributed by atoms with Crippen molar-refractivity contribution in [3.8, 4) is 12.5 Å². The van der Waals surface area contributed by atoms with E-state index in [9.17, 15) is 0 Å². The van der Waals surface area contributed by atoms with E-state index >= 15 is 0 Å². The summed E-state index contributed by atoms with van der Waals surface area (Å²) in [7, 11) is 0. The molecule has 1 heteroatoms. The summed E-state index contributed by atoms with van der Waals surface area (Å²) in [4.78, 5) is 2.09. The Morgan fingerprint density at radius 2 is 2.20 bits per heavy atom. The van der Waals surface area contributed by atoms with Crippen LogP contribution in [-0.2, 0) is 0 Å². The molecule has 0 aromatic carbocycles. The summed E-state index contributed by atoms with van der Waals surface area (Å²) < 4.78 is 0. The van der Waals surface area contributed by atoms with E-state index in [2.05, 4.69) is 31.7 Å². The molecule has 0 N–H and O–H groups in total. The summed E-state index contributed by atoms with van der Waals surface area (Å²) in [6.07, 6.45) is 5.30. The quantitative estimate of drug-likeness (QED) is 0.496. The third-order valence-electron chi connectivity index (χ3n) is 2.28. The van der Waals surface area contributed by atoms with E-state index < -0.39 is 0 Å². The van der Waals surface area contributed by atoms with Crippen molar-refractivity contribution in [3.05, 3.63) is 0 Å². The van der Waals surface area contributed by atoms with Crippen LogP contribution in [0.1, 0.15) is 20.8 Å². The van der Waals surface area contributed by atoms with Gasteiger partial charge in [0.2, 0.25) is 0 Å². The third kappa shape index (κ3) is 0.988. The molecule has 10 heavy (non-hydrogen) atoms. The molecule has 0 saturated carbocycles.